The van der Waals surface area contributed by atoms with Crippen LogP contribution in [0.4, 0.5) is 11.6 Å². The van der Waals surface area contributed by atoms with Crippen LogP contribution in [0, 0.1) is 0 Å². The number of anilines is 2. The number of hydrogen-bond acceptors (Lipinski definition) is 5. The Morgan fingerprint density at radius 2 is 2.00 bits per heavy atom. The summed E-state index contributed by atoms with van der Waals surface area (Å²) in [6, 6.07) is 0. The Bertz CT molecular complexity index is 514. The molecule has 0 aliphatic carbocycles. The molecule has 2 heterocycles. The Labute approximate surface area is 127 Å². The second-order valence-electron chi connectivity index (χ2n) is 4.35. The molecule has 0 atom stereocenters. The summed E-state index contributed by atoms with van der Waals surface area (Å²) in [7, 11) is 0. The highest BCUT2D eigenvalue weighted by Crippen LogP contribution is 2.26. The second kappa shape index (κ2) is 7.84. The van der Waals surface area contributed by atoms with Gasteiger partial charge in [-0.2, -0.15) is 0 Å². The quantitative estimate of drug-likeness (QED) is 0.724. The SMILES string of the molecule is CCNc1ncnc(NCCCCn2ccnc2)c1Br. The van der Waals surface area contributed by atoms with Gasteiger partial charge in [0.05, 0.1) is 6.33 Å². The molecule has 0 radical (unpaired) electrons. The molecule has 0 unspecified atom stereocenters. The number of aromatic nitrogens is 4. The smallest absolute Gasteiger partial charge is 0.145 e. The molecule has 2 aromatic heterocycles. The molecule has 0 spiro atoms. The molecular formula is C13H19BrN6. The van der Waals surface area contributed by atoms with Crippen molar-refractivity contribution in [2.75, 3.05) is 23.7 Å². The van der Waals surface area contributed by atoms with Crippen molar-refractivity contribution in [3.63, 3.8) is 0 Å². The van der Waals surface area contributed by atoms with Gasteiger partial charge in [0.15, 0.2) is 0 Å². The summed E-state index contributed by atoms with van der Waals surface area (Å²) in [5.74, 6) is 1.65. The van der Waals surface area contributed by atoms with E-state index in [4.69, 9.17) is 0 Å². The minimum atomic E-state index is 0.823. The van der Waals surface area contributed by atoms with Gasteiger partial charge in [0.25, 0.3) is 0 Å². The fourth-order valence-electron chi connectivity index (χ4n) is 1.83. The lowest BCUT2D eigenvalue weighted by Crippen LogP contribution is -2.08. The minimum Gasteiger partial charge on any atom is -0.369 e. The number of unbranched alkanes of at least 4 members (excludes halogenated alkanes) is 1. The molecule has 6 nitrogen and oxygen atoms in total. The van der Waals surface area contributed by atoms with Gasteiger partial charge in [0.2, 0.25) is 0 Å². The van der Waals surface area contributed by atoms with E-state index in [2.05, 4.69) is 46.1 Å². The number of aryl methyl sites for hydroxylation is 1. The van der Waals surface area contributed by atoms with E-state index in [-0.39, 0.29) is 0 Å². The van der Waals surface area contributed by atoms with Gasteiger partial charge < -0.3 is 15.2 Å². The van der Waals surface area contributed by atoms with Crippen molar-refractivity contribution in [2.45, 2.75) is 26.3 Å². The number of hydrogen-bond donors (Lipinski definition) is 2. The van der Waals surface area contributed by atoms with E-state index in [1.54, 1.807) is 12.5 Å². The number of nitrogens with one attached hydrogen (secondary N) is 2. The molecule has 0 aliphatic heterocycles. The molecule has 0 aliphatic rings. The summed E-state index contributed by atoms with van der Waals surface area (Å²) < 4.78 is 2.97. The minimum absolute atomic E-state index is 0.823. The molecule has 2 rings (SSSR count). The van der Waals surface area contributed by atoms with E-state index in [0.29, 0.717) is 0 Å². The predicted molar refractivity (Wildman–Crippen MR) is 83.8 cm³/mol. The molecule has 108 valence electrons. The first kappa shape index (κ1) is 14.8. The summed E-state index contributed by atoms with van der Waals surface area (Å²) in [6.45, 7) is 4.75. The van der Waals surface area contributed by atoms with Gasteiger partial charge in [-0.25, -0.2) is 15.0 Å². The molecule has 0 bridgehead atoms. The summed E-state index contributed by atoms with van der Waals surface area (Å²) in [4.78, 5) is 12.5. The molecule has 0 aromatic carbocycles. The maximum absolute atomic E-state index is 4.24. The maximum atomic E-state index is 4.24. The Kier molecular flexibility index (Phi) is 5.79. The summed E-state index contributed by atoms with van der Waals surface area (Å²) >= 11 is 3.52. The third-order valence-electron chi connectivity index (χ3n) is 2.83. The first-order valence-electron chi connectivity index (χ1n) is 6.75. The van der Waals surface area contributed by atoms with Crippen LogP contribution < -0.4 is 10.6 Å². The number of nitrogens with zero attached hydrogens (tertiary/aromatic N) is 4. The number of rotatable bonds is 8. The summed E-state index contributed by atoms with van der Waals surface area (Å²) in [5.41, 5.74) is 0. The molecule has 2 aromatic rings. The van der Waals surface area contributed by atoms with E-state index in [0.717, 1.165) is 48.6 Å². The Morgan fingerprint density at radius 3 is 2.70 bits per heavy atom. The van der Waals surface area contributed by atoms with Crippen molar-refractivity contribution in [2.24, 2.45) is 0 Å². The van der Waals surface area contributed by atoms with Gasteiger partial charge in [-0.1, -0.05) is 0 Å². The number of halogens is 1. The lowest BCUT2D eigenvalue weighted by Gasteiger charge is -2.10. The van der Waals surface area contributed by atoms with Crippen LogP contribution in [0.2, 0.25) is 0 Å². The van der Waals surface area contributed by atoms with Gasteiger partial charge in [-0.3, -0.25) is 0 Å². The Morgan fingerprint density at radius 1 is 1.20 bits per heavy atom. The molecular weight excluding hydrogens is 320 g/mol. The zero-order valence-corrected chi connectivity index (χ0v) is 13.1. The van der Waals surface area contributed by atoms with Gasteiger partial charge in [-0.15, -0.1) is 0 Å². The monoisotopic (exact) mass is 338 g/mol. The largest absolute Gasteiger partial charge is 0.369 e. The average molecular weight is 339 g/mol. The van der Waals surface area contributed by atoms with Crippen LogP contribution in [-0.4, -0.2) is 32.6 Å². The van der Waals surface area contributed by atoms with Crippen LogP contribution in [0.3, 0.4) is 0 Å². The lowest BCUT2D eigenvalue weighted by atomic mass is 10.3. The van der Waals surface area contributed by atoms with Crippen molar-refractivity contribution in [1.29, 1.82) is 0 Å². The van der Waals surface area contributed by atoms with Gasteiger partial charge in [0.1, 0.15) is 22.4 Å². The Hall–Kier alpha value is -1.63. The normalized spacial score (nSPS) is 10.5. The molecule has 0 saturated carbocycles. The van der Waals surface area contributed by atoms with E-state index in [9.17, 15) is 0 Å². The van der Waals surface area contributed by atoms with Crippen molar-refractivity contribution in [3.05, 3.63) is 29.5 Å². The number of imidazole rings is 1. The third kappa shape index (κ3) is 4.19. The first-order valence-corrected chi connectivity index (χ1v) is 7.54. The predicted octanol–water partition coefficient (Wildman–Crippen LogP) is 2.76. The van der Waals surface area contributed by atoms with Crippen molar-refractivity contribution < 1.29 is 0 Å². The third-order valence-corrected chi connectivity index (χ3v) is 3.58. The van der Waals surface area contributed by atoms with E-state index < -0.39 is 0 Å². The van der Waals surface area contributed by atoms with Crippen LogP contribution in [-0.2, 0) is 6.54 Å². The summed E-state index contributed by atoms with van der Waals surface area (Å²) in [5, 5.41) is 6.52. The fraction of sp³-hybridized carbons (Fsp3) is 0.462. The first-order chi connectivity index (χ1) is 9.81. The van der Waals surface area contributed by atoms with E-state index in [1.165, 1.54) is 0 Å². The Balaban J connectivity index is 1.75. The molecule has 0 fully saturated rings. The van der Waals surface area contributed by atoms with Crippen molar-refractivity contribution in [1.82, 2.24) is 19.5 Å². The zero-order valence-electron chi connectivity index (χ0n) is 11.5. The van der Waals surface area contributed by atoms with Crippen LogP contribution in [0.1, 0.15) is 19.8 Å². The molecule has 2 N–H and O–H groups in total. The van der Waals surface area contributed by atoms with Crippen LogP contribution in [0.25, 0.3) is 0 Å². The van der Waals surface area contributed by atoms with Crippen LogP contribution >= 0.6 is 15.9 Å². The fourth-order valence-corrected chi connectivity index (χ4v) is 2.31. The zero-order chi connectivity index (χ0) is 14.2. The van der Waals surface area contributed by atoms with Crippen molar-refractivity contribution in [3.8, 4) is 0 Å². The topological polar surface area (TPSA) is 67.7 Å². The highest BCUT2D eigenvalue weighted by molar-refractivity contribution is 9.10. The maximum Gasteiger partial charge on any atom is 0.145 e. The van der Waals surface area contributed by atoms with Gasteiger partial charge in [-0.05, 0) is 35.7 Å². The molecule has 7 heteroatoms. The van der Waals surface area contributed by atoms with Crippen molar-refractivity contribution >= 4 is 27.6 Å². The average Bonchev–Trinajstić information content (AvgIpc) is 2.96. The van der Waals surface area contributed by atoms with Gasteiger partial charge in [0, 0.05) is 32.0 Å². The molecule has 0 amide bonds. The van der Waals surface area contributed by atoms with E-state index in [1.807, 2.05) is 19.4 Å². The highest BCUT2D eigenvalue weighted by Gasteiger charge is 2.06. The van der Waals surface area contributed by atoms with E-state index >= 15 is 0 Å². The lowest BCUT2D eigenvalue weighted by molar-refractivity contribution is 0.620. The van der Waals surface area contributed by atoms with Gasteiger partial charge >= 0.3 is 0 Å². The van der Waals surface area contributed by atoms with Crippen LogP contribution in [0.15, 0.2) is 29.5 Å². The summed E-state index contributed by atoms with van der Waals surface area (Å²) in [6.07, 6.45) is 9.38. The highest BCUT2D eigenvalue weighted by atomic mass is 79.9. The van der Waals surface area contributed by atoms with Crippen LogP contribution in [0.5, 0.6) is 0 Å². The second-order valence-corrected chi connectivity index (χ2v) is 5.14. The molecule has 20 heavy (non-hydrogen) atoms. The molecule has 0 saturated heterocycles. The standard InChI is InChI=1S/C13H19BrN6/c1-2-16-12-11(14)13(19-9-18-12)17-5-3-4-7-20-8-6-15-10-20/h6,8-10H,2-5,7H2,1H3,(H2,16,17,18,19).